The number of carbonyl (C=O) groups is 1. The van der Waals surface area contributed by atoms with Gasteiger partial charge in [-0.3, -0.25) is 19.9 Å². The fraction of sp³-hybridized carbons (Fsp3) is 0.423. The summed E-state index contributed by atoms with van der Waals surface area (Å²) in [5.74, 6) is 0.625. The minimum Gasteiger partial charge on any atom is -0.481 e. The Labute approximate surface area is 225 Å². The van der Waals surface area contributed by atoms with E-state index in [1.165, 1.54) is 30.0 Å². The quantitative estimate of drug-likeness (QED) is 0.379. The van der Waals surface area contributed by atoms with Gasteiger partial charge in [0, 0.05) is 18.0 Å². The molecular formula is C26H31ClN6O5. The number of halogens is 1. The number of nitrogens with one attached hydrogen (secondary N) is 1. The first kappa shape index (κ1) is 27.3. The van der Waals surface area contributed by atoms with E-state index in [-0.39, 0.29) is 23.5 Å². The Morgan fingerprint density at radius 3 is 2.58 bits per heavy atom. The van der Waals surface area contributed by atoms with Crippen LogP contribution in [-0.2, 0) is 9.57 Å². The third-order valence-electron chi connectivity index (χ3n) is 6.37. The van der Waals surface area contributed by atoms with Crippen molar-refractivity contribution in [3.05, 3.63) is 62.5 Å². The zero-order valence-corrected chi connectivity index (χ0v) is 23.0. The Morgan fingerprint density at radius 2 is 1.92 bits per heavy atom. The molecule has 3 heterocycles. The number of ether oxygens (including phenoxy) is 2. The molecule has 1 N–H and O–H groups in total. The molecule has 202 valence electrons. The van der Waals surface area contributed by atoms with Gasteiger partial charge in [0.05, 0.1) is 43.0 Å². The number of nitrogens with zero attached hydrogens (tertiary/aromatic N) is 5. The average molecular weight is 543 g/mol. The van der Waals surface area contributed by atoms with Gasteiger partial charge in [-0.2, -0.15) is 5.06 Å². The van der Waals surface area contributed by atoms with E-state index in [0.29, 0.717) is 28.6 Å². The van der Waals surface area contributed by atoms with Gasteiger partial charge in [-0.25, -0.2) is 14.8 Å². The molecular weight excluding hydrogens is 512 g/mol. The lowest BCUT2D eigenvalue weighted by molar-refractivity contribution is 0.135. The maximum absolute atomic E-state index is 13.7. The fourth-order valence-electron chi connectivity index (χ4n) is 4.22. The van der Waals surface area contributed by atoms with Gasteiger partial charge in [0.2, 0.25) is 11.7 Å². The van der Waals surface area contributed by atoms with E-state index in [1.807, 2.05) is 26.8 Å². The van der Waals surface area contributed by atoms with Gasteiger partial charge in [0.1, 0.15) is 11.8 Å². The van der Waals surface area contributed by atoms with E-state index in [1.54, 1.807) is 19.2 Å². The van der Waals surface area contributed by atoms with Gasteiger partial charge in [-0.05, 0) is 64.2 Å². The van der Waals surface area contributed by atoms with Crippen molar-refractivity contribution in [2.75, 3.05) is 31.2 Å². The first-order chi connectivity index (χ1) is 18.1. The molecule has 38 heavy (non-hydrogen) atoms. The summed E-state index contributed by atoms with van der Waals surface area (Å²) < 4.78 is 12.3. The summed E-state index contributed by atoms with van der Waals surface area (Å²) in [4.78, 5) is 44.9. The second-order valence-corrected chi connectivity index (χ2v) is 9.66. The van der Waals surface area contributed by atoms with E-state index in [2.05, 4.69) is 20.3 Å². The van der Waals surface area contributed by atoms with Gasteiger partial charge < -0.3 is 14.0 Å². The lowest BCUT2D eigenvalue weighted by atomic mass is 10.2. The topological polar surface area (TPSA) is 121 Å². The molecule has 1 atom stereocenters. The van der Waals surface area contributed by atoms with E-state index in [9.17, 15) is 9.59 Å². The lowest BCUT2D eigenvalue weighted by Crippen LogP contribution is -2.35. The molecule has 0 bridgehead atoms. The molecule has 1 aliphatic carbocycles. The number of carbonyl (C=O) groups excluding carboxylic acids is 1. The van der Waals surface area contributed by atoms with E-state index in [0.717, 1.165) is 24.0 Å². The molecule has 0 aromatic carbocycles. The molecule has 0 radical (unpaired) electrons. The first-order valence-corrected chi connectivity index (χ1v) is 12.5. The molecule has 12 heteroatoms. The number of aromatic nitrogens is 4. The highest BCUT2D eigenvalue weighted by Gasteiger charge is 2.35. The van der Waals surface area contributed by atoms with Crippen molar-refractivity contribution in [3.8, 4) is 5.88 Å². The summed E-state index contributed by atoms with van der Waals surface area (Å²) in [6.07, 6.45) is 4.33. The number of aryl methyl sites for hydroxylation is 4. The van der Waals surface area contributed by atoms with Crippen LogP contribution >= 0.6 is 11.6 Å². The molecule has 0 saturated heterocycles. The van der Waals surface area contributed by atoms with Crippen LogP contribution in [0.3, 0.4) is 0 Å². The molecule has 3 aromatic heterocycles. The predicted molar refractivity (Wildman–Crippen MR) is 143 cm³/mol. The Hall–Kier alpha value is -3.70. The fourth-order valence-corrected chi connectivity index (χ4v) is 4.41. The number of pyridine rings is 2. The minimum atomic E-state index is -0.654. The van der Waals surface area contributed by atoms with E-state index >= 15 is 0 Å². The van der Waals surface area contributed by atoms with Crippen LogP contribution in [0, 0.1) is 33.6 Å². The van der Waals surface area contributed by atoms with Crippen LogP contribution in [0.25, 0.3) is 0 Å². The zero-order chi connectivity index (χ0) is 27.6. The highest BCUT2D eigenvalue weighted by molar-refractivity contribution is 6.29. The standard InChI is InChI=1S/C26H31ClN6O5/c1-14-9-20(17(4)28-11-14)33(37-6)23-25(34)32(12-22(27)31-23)21(18-7-8-18)13-38-26(35)30-19-10-15(2)24(36-5)29-16(19)3/h9-12,18,21H,7-8,13H2,1-6H3,(H,30,35)/t21-/m1/s1. The third kappa shape index (κ3) is 5.89. The van der Waals surface area contributed by atoms with Crippen LogP contribution in [0.2, 0.25) is 5.15 Å². The van der Waals surface area contributed by atoms with Crippen molar-refractivity contribution in [2.45, 2.75) is 46.6 Å². The van der Waals surface area contributed by atoms with Crippen molar-refractivity contribution in [1.82, 2.24) is 19.5 Å². The Kier molecular flexibility index (Phi) is 8.17. The van der Waals surface area contributed by atoms with Crippen LogP contribution in [-0.4, -0.2) is 46.4 Å². The molecule has 0 spiro atoms. The number of rotatable bonds is 9. The average Bonchev–Trinajstić information content (AvgIpc) is 3.71. The van der Waals surface area contributed by atoms with Crippen LogP contribution in [0.5, 0.6) is 5.88 Å². The summed E-state index contributed by atoms with van der Waals surface area (Å²) in [7, 11) is 2.98. The highest BCUT2D eigenvalue weighted by Crippen LogP contribution is 2.40. The highest BCUT2D eigenvalue weighted by atomic mass is 35.5. The Balaban J connectivity index is 1.59. The van der Waals surface area contributed by atoms with Crippen molar-refractivity contribution in [1.29, 1.82) is 0 Å². The Morgan fingerprint density at radius 1 is 1.18 bits per heavy atom. The monoisotopic (exact) mass is 542 g/mol. The first-order valence-electron chi connectivity index (χ1n) is 12.1. The van der Waals surface area contributed by atoms with Gasteiger partial charge in [0.15, 0.2) is 0 Å². The number of anilines is 3. The van der Waals surface area contributed by atoms with Gasteiger partial charge in [-0.15, -0.1) is 0 Å². The summed E-state index contributed by atoms with van der Waals surface area (Å²) in [6, 6.07) is 3.18. The second-order valence-electron chi connectivity index (χ2n) is 9.27. The van der Waals surface area contributed by atoms with Crippen LogP contribution in [0.4, 0.5) is 22.0 Å². The summed E-state index contributed by atoms with van der Waals surface area (Å²) >= 11 is 6.37. The van der Waals surface area contributed by atoms with Crippen molar-refractivity contribution in [3.63, 3.8) is 0 Å². The number of hydrogen-bond acceptors (Lipinski definition) is 9. The maximum Gasteiger partial charge on any atom is 0.411 e. The molecule has 0 aliphatic heterocycles. The normalized spacial score (nSPS) is 13.7. The van der Waals surface area contributed by atoms with Gasteiger partial charge in [0.25, 0.3) is 5.56 Å². The molecule has 1 fully saturated rings. The Bertz CT molecular complexity index is 1410. The molecule has 1 amide bonds. The molecule has 4 rings (SSSR count). The summed E-state index contributed by atoms with van der Waals surface area (Å²) in [5.41, 5.74) is 3.57. The van der Waals surface area contributed by atoms with Crippen molar-refractivity contribution < 1.29 is 19.1 Å². The van der Waals surface area contributed by atoms with Crippen molar-refractivity contribution >= 4 is 34.9 Å². The summed E-state index contributed by atoms with van der Waals surface area (Å²) in [6.45, 7) is 7.27. The molecule has 11 nitrogen and oxygen atoms in total. The molecule has 3 aromatic rings. The number of amides is 1. The van der Waals surface area contributed by atoms with Gasteiger partial charge in [-0.1, -0.05) is 11.6 Å². The number of hydrogen-bond donors (Lipinski definition) is 1. The molecule has 0 unspecified atom stereocenters. The zero-order valence-electron chi connectivity index (χ0n) is 22.2. The third-order valence-corrected chi connectivity index (χ3v) is 6.55. The molecule has 1 saturated carbocycles. The molecule has 1 aliphatic rings. The lowest BCUT2D eigenvalue weighted by Gasteiger charge is -2.25. The van der Waals surface area contributed by atoms with E-state index in [4.69, 9.17) is 25.9 Å². The smallest absolute Gasteiger partial charge is 0.411 e. The second kappa shape index (κ2) is 11.4. The predicted octanol–water partition coefficient (Wildman–Crippen LogP) is 4.83. The number of methoxy groups -OCH3 is 1. The maximum atomic E-state index is 13.7. The minimum absolute atomic E-state index is 0.0130. The SMILES string of the molecule is COc1nc(C)c(NC(=O)OC[C@H](C2CC2)n2cc(Cl)nc(N(OC)c3cc(C)cnc3C)c2=O)cc1C. The van der Waals surface area contributed by atoms with Crippen LogP contribution in [0.1, 0.15) is 41.4 Å². The van der Waals surface area contributed by atoms with Crippen LogP contribution < -0.4 is 20.7 Å². The van der Waals surface area contributed by atoms with Gasteiger partial charge >= 0.3 is 6.09 Å². The summed E-state index contributed by atoms with van der Waals surface area (Å²) in [5, 5.41) is 4.15. The van der Waals surface area contributed by atoms with Crippen LogP contribution in [0.15, 0.2) is 29.3 Å². The van der Waals surface area contributed by atoms with E-state index < -0.39 is 17.7 Å². The van der Waals surface area contributed by atoms with Crippen molar-refractivity contribution in [2.24, 2.45) is 5.92 Å². The largest absolute Gasteiger partial charge is 0.481 e.